The Labute approximate surface area is 92.6 Å². The van der Waals surface area contributed by atoms with Crippen molar-refractivity contribution in [2.45, 2.75) is 27.7 Å². The average Bonchev–Trinajstić information content (AvgIpc) is 2.20. The first kappa shape index (κ1) is 11.7. The third kappa shape index (κ3) is 3.05. The van der Waals surface area contributed by atoms with Crippen LogP contribution < -0.4 is 0 Å². The fraction of sp³-hybridized carbons (Fsp3) is 0.357. The highest BCUT2D eigenvalue weighted by Crippen LogP contribution is 2.20. The maximum atomic E-state index is 4.60. The number of benzene rings is 1. The Morgan fingerprint density at radius 2 is 1.87 bits per heavy atom. The number of hydrogen-bond acceptors (Lipinski definition) is 1. The van der Waals surface area contributed by atoms with Gasteiger partial charge in [-0.05, 0) is 37.0 Å². The molecular weight excluding hydrogens is 182 g/mol. The molecule has 0 atom stereocenters. The van der Waals surface area contributed by atoms with E-state index in [1.165, 1.54) is 5.56 Å². The highest BCUT2D eigenvalue weighted by molar-refractivity contribution is 5.99. The van der Waals surface area contributed by atoms with Gasteiger partial charge < -0.3 is 0 Å². The van der Waals surface area contributed by atoms with E-state index in [-0.39, 0.29) is 0 Å². The summed E-state index contributed by atoms with van der Waals surface area (Å²) >= 11 is 0. The Morgan fingerprint density at radius 1 is 1.27 bits per heavy atom. The summed E-state index contributed by atoms with van der Waals surface area (Å²) in [4.78, 5) is 4.60. The molecule has 0 saturated carbocycles. The second-order valence-electron chi connectivity index (χ2n) is 4.16. The lowest BCUT2D eigenvalue weighted by Gasteiger charge is -2.09. The average molecular weight is 201 g/mol. The molecule has 0 N–H and O–H groups in total. The quantitative estimate of drug-likeness (QED) is 0.646. The second-order valence-corrected chi connectivity index (χ2v) is 4.16. The Hall–Kier alpha value is -1.37. The number of allylic oxidation sites excluding steroid dienone is 1. The van der Waals surface area contributed by atoms with E-state index in [2.05, 4.69) is 38.4 Å². The van der Waals surface area contributed by atoms with Gasteiger partial charge in [-0.1, -0.05) is 38.6 Å². The van der Waals surface area contributed by atoms with Crippen LogP contribution >= 0.6 is 0 Å². The molecule has 0 aliphatic carbocycles. The third-order valence-corrected chi connectivity index (χ3v) is 2.57. The molecule has 0 aliphatic heterocycles. The Kier molecular flexibility index (Phi) is 3.84. The number of aliphatic imine (C=N–C) groups is 1. The van der Waals surface area contributed by atoms with Crippen molar-refractivity contribution in [1.29, 1.82) is 0 Å². The minimum Gasteiger partial charge on any atom is -0.253 e. The Morgan fingerprint density at radius 3 is 2.40 bits per heavy atom. The van der Waals surface area contributed by atoms with Gasteiger partial charge in [-0.15, -0.1) is 0 Å². The minimum atomic E-state index is 0.456. The molecule has 0 bridgehead atoms. The van der Waals surface area contributed by atoms with Crippen molar-refractivity contribution in [3.8, 4) is 0 Å². The van der Waals surface area contributed by atoms with Crippen LogP contribution in [-0.2, 0) is 0 Å². The highest BCUT2D eigenvalue weighted by atomic mass is 14.7. The Balaban J connectivity index is 2.98. The fourth-order valence-electron chi connectivity index (χ4n) is 1.36. The molecule has 0 saturated heterocycles. The lowest BCUT2D eigenvalue weighted by molar-refractivity contribution is 0.805. The van der Waals surface area contributed by atoms with E-state index in [1.54, 1.807) is 0 Å². The summed E-state index contributed by atoms with van der Waals surface area (Å²) in [6, 6.07) is 8.15. The van der Waals surface area contributed by atoms with Gasteiger partial charge in [0.25, 0.3) is 0 Å². The topological polar surface area (TPSA) is 12.4 Å². The van der Waals surface area contributed by atoms with E-state index in [0.29, 0.717) is 5.92 Å². The van der Waals surface area contributed by atoms with Gasteiger partial charge in [0.1, 0.15) is 0 Å². The molecule has 0 amide bonds. The van der Waals surface area contributed by atoms with Gasteiger partial charge in [-0.25, -0.2) is 0 Å². The number of hydrogen-bond donors (Lipinski definition) is 0. The van der Waals surface area contributed by atoms with E-state index in [4.69, 9.17) is 0 Å². The molecule has 0 fully saturated rings. The van der Waals surface area contributed by atoms with Crippen LogP contribution in [-0.4, -0.2) is 5.71 Å². The number of aryl methyl sites for hydroxylation is 1. The minimum absolute atomic E-state index is 0.456. The largest absolute Gasteiger partial charge is 0.253 e. The smallest absolute Gasteiger partial charge is 0.0662 e. The van der Waals surface area contributed by atoms with Gasteiger partial charge in [0.2, 0.25) is 0 Å². The number of rotatable bonds is 3. The second kappa shape index (κ2) is 4.92. The molecule has 1 heteroatoms. The van der Waals surface area contributed by atoms with E-state index in [9.17, 15) is 0 Å². The van der Waals surface area contributed by atoms with Gasteiger partial charge in [-0.2, -0.15) is 0 Å². The summed E-state index contributed by atoms with van der Waals surface area (Å²) in [6.45, 7) is 12.4. The molecule has 15 heavy (non-hydrogen) atoms. The SMILES string of the molecule is C=C(C(C)=Nc1ccccc1C)C(C)C. The maximum absolute atomic E-state index is 4.60. The van der Waals surface area contributed by atoms with Crippen LogP contribution in [0.15, 0.2) is 41.4 Å². The molecular formula is C14H19N. The molecule has 0 spiro atoms. The molecule has 0 heterocycles. The molecule has 1 rings (SSSR count). The molecule has 1 aromatic carbocycles. The zero-order chi connectivity index (χ0) is 11.4. The Bertz CT molecular complexity index is 386. The van der Waals surface area contributed by atoms with Crippen LogP contribution in [0.3, 0.4) is 0 Å². The predicted octanol–water partition coefficient (Wildman–Crippen LogP) is 4.30. The summed E-state index contributed by atoms with van der Waals surface area (Å²) in [7, 11) is 0. The summed E-state index contributed by atoms with van der Waals surface area (Å²) in [6.07, 6.45) is 0. The molecule has 1 aromatic rings. The van der Waals surface area contributed by atoms with Crippen LogP contribution in [0, 0.1) is 12.8 Å². The standard InChI is InChI=1S/C14H19N/c1-10(2)12(4)13(5)15-14-9-7-6-8-11(14)3/h6-10H,4H2,1-3,5H3. The summed E-state index contributed by atoms with van der Waals surface area (Å²) in [5, 5.41) is 0. The van der Waals surface area contributed by atoms with E-state index in [0.717, 1.165) is 17.0 Å². The van der Waals surface area contributed by atoms with E-state index < -0.39 is 0 Å². The van der Waals surface area contributed by atoms with Crippen molar-refractivity contribution in [2.75, 3.05) is 0 Å². The monoisotopic (exact) mass is 201 g/mol. The van der Waals surface area contributed by atoms with Crippen LogP contribution in [0.25, 0.3) is 0 Å². The first-order valence-corrected chi connectivity index (χ1v) is 5.32. The zero-order valence-electron chi connectivity index (χ0n) is 10.0. The van der Waals surface area contributed by atoms with Crippen LogP contribution in [0.4, 0.5) is 5.69 Å². The van der Waals surface area contributed by atoms with Crippen LogP contribution in [0.1, 0.15) is 26.3 Å². The fourth-order valence-corrected chi connectivity index (χ4v) is 1.36. The van der Waals surface area contributed by atoms with Gasteiger partial charge in [0.15, 0.2) is 0 Å². The molecule has 80 valence electrons. The van der Waals surface area contributed by atoms with E-state index >= 15 is 0 Å². The highest BCUT2D eigenvalue weighted by Gasteiger charge is 2.04. The zero-order valence-corrected chi connectivity index (χ0v) is 10.0. The van der Waals surface area contributed by atoms with Crippen LogP contribution in [0.5, 0.6) is 0 Å². The predicted molar refractivity (Wildman–Crippen MR) is 67.9 cm³/mol. The van der Waals surface area contributed by atoms with Gasteiger partial charge >= 0.3 is 0 Å². The molecule has 0 unspecified atom stereocenters. The van der Waals surface area contributed by atoms with Crippen LogP contribution in [0.2, 0.25) is 0 Å². The molecule has 0 aromatic heterocycles. The summed E-state index contributed by atoms with van der Waals surface area (Å²) in [5.74, 6) is 0.456. The van der Waals surface area contributed by atoms with Crippen molar-refractivity contribution in [1.82, 2.24) is 0 Å². The number of para-hydroxylation sites is 1. The lowest BCUT2D eigenvalue weighted by atomic mass is 10.0. The maximum Gasteiger partial charge on any atom is 0.0662 e. The third-order valence-electron chi connectivity index (χ3n) is 2.57. The molecule has 0 aliphatic rings. The van der Waals surface area contributed by atoms with Gasteiger partial charge in [0, 0.05) is 5.71 Å². The van der Waals surface area contributed by atoms with Crippen molar-refractivity contribution in [3.05, 3.63) is 42.0 Å². The summed E-state index contributed by atoms with van der Waals surface area (Å²) in [5.41, 5.74) is 4.38. The normalized spacial score (nSPS) is 11.9. The first-order valence-electron chi connectivity index (χ1n) is 5.32. The van der Waals surface area contributed by atoms with Crippen molar-refractivity contribution < 1.29 is 0 Å². The molecule has 1 nitrogen and oxygen atoms in total. The van der Waals surface area contributed by atoms with Crippen molar-refractivity contribution >= 4 is 11.4 Å². The van der Waals surface area contributed by atoms with Crippen molar-refractivity contribution in [2.24, 2.45) is 10.9 Å². The van der Waals surface area contributed by atoms with Gasteiger partial charge in [-0.3, -0.25) is 4.99 Å². The summed E-state index contributed by atoms with van der Waals surface area (Å²) < 4.78 is 0. The van der Waals surface area contributed by atoms with Crippen molar-refractivity contribution in [3.63, 3.8) is 0 Å². The lowest BCUT2D eigenvalue weighted by Crippen LogP contribution is -2.02. The number of nitrogens with zero attached hydrogens (tertiary/aromatic N) is 1. The van der Waals surface area contributed by atoms with E-state index in [1.807, 2.05) is 25.1 Å². The first-order chi connectivity index (χ1) is 7.02. The van der Waals surface area contributed by atoms with Gasteiger partial charge in [0.05, 0.1) is 5.69 Å². The molecule has 0 radical (unpaired) electrons.